The lowest BCUT2D eigenvalue weighted by Gasteiger charge is -2.20. The van der Waals surface area contributed by atoms with Crippen LogP contribution in [-0.2, 0) is 4.79 Å². The van der Waals surface area contributed by atoms with E-state index in [1.54, 1.807) is 11.8 Å². The Morgan fingerprint density at radius 1 is 1.42 bits per heavy atom. The van der Waals surface area contributed by atoms with Gasteiger partial charge in [-0.25, -0.2) is 0 Å². The third-order valence-corrected chi connectivity index (χ3v) is 4.78. The molecule has 1 N–H and O–H groups in total. The number of benzene rings is 1. The number of carbonyl (C=O) groups excluding carboxylic acids is 1. The summed E-state index contributed by atoms with van der Waals surface area (Å²) in [5.74, 6) is -0.871. The fourth-order valence-electron chi connectivity index (χ4n) is 2.57. The van der Waals surface area contributed by atoms with Crippen molar-refractivity contribution in [1.29, 1.82) is 5.26 Å². The molecule has 0 heterocycles. The van der Waals surface area contributed by atoms with Crippen molar-refractivity contribution in [2.45, 2.75) is 36.5 Å². The molecule has 19 heavy (non-hydrogen) atoms. The minimum Gasteiger partial charge on any atom is -0.351 e. The average molecular weight is 274 g/mol. The normalized spacial score (nSPS) is 23.6. The quantitative estimate of drug-likeness (QED) is 0.918. The maximum atomic E-state index is 12.2. The van der Waals surface area contributed by atoms with Crippen LogP contribution in [0, 0.1) is 11.3 Å². The van der Waals surface area contributed by atoms with Gasteiger partial charge in [0.2, 0.25) is 5.91 Å². The van der Waals surface area contributed by atoms with Gasteiger partial charge in [-0.2, -0.15) is 17.0 Å². The van der Waals surface area contributed by atoms with Crippen LogP contribution >= 0.6 is 11.8 Å². The zero-order valence-electron chi connectivity index (χ0n) is 11.0. The SMILES string of the molecule is CSC1CCCC1NC(=O)C(C#N)c1ccccc1. The van der Waals surface area contributed by atoms with Crippen molar-refractivity contribution in [1.82, 2.24) is 5.32 Å². The summed E-state index contributed by atoms with van der Waals surface area (Å²) in [5.41, 5.74) is 0.765. The van der Waals surface area contributed by atoms with Crippen LogP contribution < -0.4 is 5.32 Å². The molecule has 0 radical (unpaired) electrons. The first-order valence-electron chi connectivity index (χ1n) is 6.54. The van der Waals surface area contributed by atoms with E-state index in [9.17, 15) is 10.1 Å². The first-order valence-corrected chi connectivity index (χ1v) is 7.82. The fraction of sp³-hybridized carbons (Fsp3) is 0.467. The van der Waals surface area contributed by atoms with Gasteiger partial charge in [-0.05, 0) is 24.7 Å². The lowest BCUT2D eigenvalue weighted by atomic mass is 9.99. The van der Waals surface area contributed by atoms with E-state index in [1.165, 1.54) is 0 Å². The molecular formula is C15H18N2OS. The summed E-state index contributed by atoms with van der Waals surface area (Å²) < 4.78 is 0. The van der Waals surface area contributed by atoms with Crippen molar-refractivity contribution in [2.75, 3.05) is 6.26 Å². The minimum absolute atomic E-state index is 0.167. The number of hydrogen-bond donors (Lipinski definition) is 1. The number of nitrogens with zero attached hydrogens (tertiary/aromatic N) is 1. The molecule has 1 amide bonds. The van der Waals surface area contributed by atoms with Gasteiger partial charge in [0.25, 0.3) is 0 Å². The van der Waals surface area contributed by atoms with Gasteiger partial charge in [-0.1, -0.05) is 36.8 Å². The number of nitriles is 1. The van der Waals surface area contributed by atoms with Crippen LogP contribution in [0.15, 0.2) is 30.3 Å². The summed E-state index contributed by atoms with van der Waals surface area (Å²) in [6.07, 6.45) is 5.39. The molecule has 4 heteroatoms. The first-order chi connectivity index (χ1) is 9.26. The van der Waals surface area contributed by atoms with Crippen molar-refractivity contribution in [3.63, 3.8) is 0 Å². The second kappa shape index (κ2) is 6.63. The number of nitrogens with one attached hydrogen (secondary N) is 1. The zero-order chi connectivity index (χ0) is 13.7. The van der Waals surface area contributed by atoms with Crippen molar-refractivity contribution < 1.29 is 4.79 Å². The van der Waals surface area contributed by atoms with Crippen LogP contribution in [-0.4, -0.2) is 23.5 Å². The summed E-state index contributed by atoms with van der Waals surface area (Å²) >= 11 is 1.80. The highest BCUT2D eigenvalue weighted by Crippen LogP contribution is 2.29. The van der Waals surface area contributed by atoms with Crippen molar-refractivity contribution in [2.24, 2.45) is 0 Å². The third kappa shape index (κ3) is 3.30. The second-order valence-electron chi connectivity index (χ2n) is 4.79. The Kier molecular flexibility index (Phi) is 4.86. The Balaban J connectivity index is 2.04. The van der Waals surface area contributed by atoms with Crippen LogP contribution in [0.2, 0.25) is 0 Å². The number of rotatable bonds is 4. The molecule has 0 saturated heterocycles. The summed E-state index contributed by atoms with van der Waals surface area (Å²) in [4.78, 5) is 12.2. The molecule has 2 rings (SSSR count). The van der Waals surface area contributed by atoms with E-state index in [2.05, 4.69) is 17.6 Å². The molecule has 3 unspecified atom stereocenters. The average Bonchev–Trinajstić information content (AvgIpc) is 2.88. The summed E-state index contributed by atoms with van der Waals surface area (Å²) in [6.45, 7) is 0. The van der Waals surface area contributed by atoms with Crippen LogP contribution in [0.3, 0.4) is 0 Å². The van der Waals surface area contributed by atoms with E-state index in [1.807, 2.05) is 30.3 Å². The van der Waals surface area contributed by atoms with Gasteiger partial charge >= 0.3 is 0 Å². The van der Waals surface area contributed by atoms with Crippen molar-refractivity contribution >= 4 is 17.7 Å². The molecule has 1 saturated carbocycles. The zero-order valence-corrected chi connectivity index (χ0v) is 11.8. The van der Waals surface area contributed by atoms with E-state index < -0.39 is 5.92 Å². The Bertz CT molecular complexity index is 469. The van der Waals surface area contributed by atoms with Gasteiger partial charge in [0, 0.05) is 11.3 Å². The van der Waals surface area contributed by atoms with Crippen LogP contribution in [0.5, 0.6) is 0 Å². The molecule has 1 aromatic rings. The largest absolute Gasteiger partial charge is 0.351 e. The Morgan fingerprint density at radius 3 is 2.79 bits per heavy atom. The van der Waals surface area contributed by atoms with Crippen LogP contribution in [0.1, 0.15) is 30.7 Å². The molecule has 3 nitrogen and oxygen atoms in total. The predicted octanol–water partition coefficient (Wildman–Crippen LogP) is 2.69. The van der Waals surface area contributed by atoms with E-state index in [-0.39, 0.29) is 11.9 Å². The van der Waals surface area contributed by atoms with Gasteiger partial charge in [-0.15, -0.1) is 0 Å². The third-order valence-electron chi connectivity index (χ3n) is 3.61. The van der Waals surface area contributed by atoms with Crippen LogP contribution in [0.25, 0.3) is 0 Å². The van der Waals surface area contributed by atoms with Gasteiger partial charge in [0.05, 0.1) is 6.07 Å². The second-order valence-corrected chi connectivity index (χ2v) is 5.87. The Labute approximate surface area is 118 Å². The first kappa shape index (κ1) is 14.0. The van der Waals surface area contributed by atoms with E-state index in [4.69, 9.17) is 0 Å². The summed E-state index contributed by atoms with van der Waals surface area (Å²) in [5, 5.41) is 12.8. The number of thioether (sulfide) groups is 1. The molecule has 0 spiro atoms. The maximum Gasteiger partial charge on any atom is 0.242 e. The minimum atomic E-state index is -0.704. The molecule has 1 aliphatic rings. The van der Waals surface area contributed by atoms with Gasteiger partial charge < -0.3 is 5.32 Å². The van der Waals surface area contributed by atoms with Gasteiger partial charge in [0.1, 0.15) is 5.92 Å². The lowest BCUT2D eigenvalue weighted by Crippen LogP contribution is -2.41. The molecule has 0 aliphatic heterocycles. The molecule has 1 aliphatic carbocycles. The smallest absolute Gasteiger partial charge is 0.242 e. The van der Waals surface area contributed by atoms with Gasteiger partial charge in [-0.3, -0.25) is 4.79 Å². The molecule has 3 atom stereocenters. The molecule has 1 fully saturated rings. The number of hydrogen-bond acceptors (Lipinski definition) is 3. The Hall–Kier alpha value is -1.47. The predicted molar refractivity (Wildman–Crippen MR) is 77.9 cm³/mol. The monoisotopic (exact) mass is 274 g/mol. The fourth-order valence-corrected chi connectivity index (χ4v) is 3.50. The maximum absolute atomic E-state index is 12.2. The van der Waals surface area contributed by atoms with Gasteiger partial charge in [0.15, 0.2) is 0 Å². The van der Waals surface area contributed by atoms with E-state index in [0.717, 1.165) is 24.8 Å². The highest BCUT2D eigenvalue weighted by atomic mass is 32.2. The standard InChI is InChI=1S/C15H18N2OS/c1-19-14-9-5-8-13(14)17-15(18)12(10-16)11-6-3-2-4-7-11/h2-4,6-7,12-14H,5,8-9H2,1H3,(H,17,18). The number of carbonyl (C=O) groups is 1. The van der Waals surface area contributed by atoms with E-state index >= 15 is 0 Å². The lowest BCUT2D eigenvalue weighted by molar-refractivity contribution is -0.122. The van der Waals surface area contributed by atoms with E-state index in [0.29, 0.717) is 5.25 Å². The highest BCUT2D eigenvalue weighted by molar-refractivity contribution is 7.99. The highest BCUT2D eigenvalue weighted by Gasteiger charge is 2.30. The number of amides is 1. The molecule has 0 aromatic heterocycles. The summed E-state index contributed by atoms with van der Waals surface area (Å²) in [7, 11) is 0. The van der Waals surface area contributed by atoms with Crippen molar-refractivity contribution in [3.8, 4) is 6.07 Å². The molecule has 100 valence electrons. The molecule has 1 aromatic carbocycles. The topological polar surface area (TPSA) is 52.9 Å². The summed E-state index contributed by atoms with van der Waals surface area (Å²) in [6, 6.07) is 11.6. The van der Waals surface area contributed by atoms with Crippen molar-refractivity contribution in [3.05, 3.63) is 35.9 Å². The molecule has 0 bridgehead atoms. The van der Waals surface area contributed by atoms with Crippen LogP contribution in [0.4, 0.5) is 0 Å². The Morgan fingerprint density at radius 2 is 2.16 bits per heavy atom. The molecular weight excluding hydrogens is 256 g/mol.